The Morgan fingerprint density at radius 3 is 2.82 bits per heavy atom. The van der Waals surface area contributed by atoms with Gasteiger partial charge in [-0.2, -0.15) is 5.10 Å². The first-order valence-electron chi connectivity index (χ1n) is 6.41. The van der Waals surface area contributed by atoms with Crippen LogP contribution in [0.2, 0.25) is 5.02 Å². The number of fused-ring (bicyclic) bond motifs is 1. The maximum absolute atomic E-state index is 13.5. The van der Waals surface area contributed by atoms with Crippen molar-refractivity contribution >= 4 is 34.7 Å². The van der Waals surface area contributed by atoms with Crippen LogP contribution in [0.3, 0.4) is 0 Å². The minimum absolute atomic E-state index is 0.106. The number of furan rings is 1. The number of carbonyl (C=O) groups is 1. The number of hydrogen-bond donors (Lipinski definition) is 1. The van der Waals surface area contributed by atoms with Crippen LogP contribution in [-0.2, 0) is 0 Å². The summed E-state index contributed by atoms with van der Waals surface area (Å²) in [6, 6.07) is 13.1. The van der Waals surface area contributed by atoms with Crippen molar-refractivity contribution < 1.29 is 13.6 Å². The molecular weight excluding hydrogens is 307 g/mol. The van der Waals surface area contributed by atoms with Crippen LogP contribution in [0.4, 0.5) is 4.39 Å². The van der Waals surface area contributed by atoms with Crippen LogP contribution in [0.5, 0.6) is 0 Å². The van der Waals surface area contributed by atoms with E-state index in [9.17, 15) is 9.18 Å². The number of carbonyl (C=O) groups excluding carboxylic acids is 1. The highest BCUT2D eigenvalue weighted by atomic mass is 35.5. The molecule has 2 aromatic carbocycles. The van der Waals surface area contributed by atoms with E-state index in [4.69, 9.17) is 16.0 Å². The quantitative estimate of drug-likeness (QED) is 0.587. The zero-order chi connectivity index (χ0) is 15.5. The fourth-order valence-corrected chi connectivity index (χ4v) is 2.15. The zero-order valence-electron chi connectivity index (χ0n) is 11.2. The molecule has 0 atom stereocenters. The van der Waals surface area contributed by atoms with Gasteiger partial charge in [-0.05, 0) is 24.3 Å². The lowest BCUT2D eigenvalue weighted by molar-refractivity contribution is 0.0929. The van der Waals surface area contributed by atoms with Crippen LogP contribution in [0.1, 0.15) is 16.1 Å². The summed E-state index contributed by atoms with van der Waals surface area (Å²) in [5, 5.41) is 4.72. The molecule has 0 aliphatic carbocycles. The van der Waals surface area contributed by atoms with E-state index in [2.05, 4.69) is 10.5 Å². The third-order valence-corrected chi connectivity index (χ3v) is 3.34. The van der Waals surface area contributed by atoms with Crippen molar-refractivity contribution in [2.45, 2.75) is 0 Å². The minimum atomic E-state index is -0.528. The molecule has 0 saturated carbocycles. The number of hydrazone groups is 1. The van der Waals surface area contributed by atoms with Gasteiger partial charge in [-0.3, -0.25) is 4.79 Å². The van der Waals surface area contributed by atoms with Crippen molar-refractivity contribution in [2.75, 3.05) is 0 Å². The summed E-state index contributed by atoms with van der Waals surface area (Å²) in [5.74, 6) is -0.924. The van der Waals surface area contributed by atoms with E-state index in [1.807, 2.05) is 18.2 Å². The molecule has 0 spiro atoms. The molecule has 1 N–H and O–H groups in total. The Morgan fingerprint density at radius 2 is 2.05 bits per heavy atom. The molecule has 110 valence electrons. The number of para-hydroxylation sites is 1. The van der Waals surface area contributed by atoms with Crippen LogP contribution in [0, 0.1) is 5.82 Å². The van der Waals surface area contributed by atoms with Gasteiger partial charge < -0.3 is 4.42 Å². The summed E-state index contributed by atoms with van der Waals surface area (Å²) >= 11 is 5.85. The van der Waals surface area contributed by atoms with Crippen LogP contribution < -0.4 is 5.43 Å². The van der Waals surface area contributed by atoms with E-state index < -0.39 is 11.7 Å². The lowest BCUT2D eigenvalue weighted by atomic mass is 10.2. The molecule has 4 nitrogen and oxygen atoms in total. The number of nitrogens with one attached hydrogen (secondary N) is 1. The number of amides is 1. The SMILES string of the molecule is O=C(N/N=C/c1c(F)cccc1Cl)c1cc2ccccc2o1. The molecule has 1 aromatic heterocycles. The van der Waals surface area contributed by atoms with E-state index in [1.54, 1.807) is 12.1 Å². The van der Waals surface area contributed by atoms with Crippen LogP contribution in [0.25, 0.3) is 11.0 Å². The Kier molecular flexibility index (Phi) is 3.89. The summed E-state index contributed by atoms with van der Waals surface area (Å²) in [6.07, 6.45) is 1.15. The molecule has 1 heterocycles. The Balaban J connectivity index is 1.76. The van der Waals surface area contributed by atoms with Crippen molar-refractivity contribution in [2.24, 2.45) is 5.10 Å². The molecule has 6 heteroatoms. The molecule has 3 aromatic rings. The predicted octanol–water partition coefficient (Wildman–Crippen LogP) is 3.99. The van der Waals surface area contributed by atoms with E-state index in [0.29, 0.717) is 5.58 Å². The predicted molar refractivity (Wildman–Crippen MR) is 82.7 cm³/mol. The largest absolute Gasteiger partial charge is 0.451 e. The minimum Gasteiger partial charge on any atom is -0.451 e. The molecule has 0 aliphatic rings. The lowest BCUT2D eigenvalue weighted by Gasteiger charge is -1.99. The Hall–Kier alpha value is -2.66. The zero-order valence-corrected chi connectivity index (χ0v) is 12.0. The van der Waals surface area contributed by atoms with Crippen LogP contribution in [-0.4, -0.2) is 12.1 Å². The summed E-state index contributed by atoms with van der Waals surface area (Å²) in [6.45, 7) is 0. The van der Waals surface area contributed by atoms with E-state index in [1.165, 1.54) is 18.2 Å². The second-order valence-corrected chi connectivity index (χ2v) is 4.89. The summed E-state index contributed by atoms with van der Waals surface area (Å²) in [4.78, 5) is 11.9. The maximum Gasteiger partial charge on any atom is 0.307 e. The number of halogens is 2. The van der Waals surface area contributed by atoms with Crippen LogP contribution in [0.15, 0.2) is 58.0 Å². The van der Waals surface area contributed by atoms with E-state index >= 15 is 0 Å². The lowest BCUT2D eigenvalue weighted by Crippen LogP contribution is -2.16. The highest BCUT2D eigenvalue weighted by Gasteiger charge is 2.11. The number of rotatable bonds is 3. The van der Waals surface area contributed by atoms with Crippen molar-refractivity contribution in [3.63, 3.8) is 0 Å². The van der Waals surface area contributed by atoms with E-state index in [0.717, 1.165) is 11.6 Å². The molecule has 22 heavy (non-hydrogen) atoms. The van der Waals surface area contributed by atoms with Gasteiger partial charge in [0.15, 0.2) is 5.76 Å². The first-order valence-corrected chi connectivity index (χ1v) is 6.79. The monoisotopic (exact) mass is 316 g/mol. The van der Waals surface area contributed by atoms with Crippen molar-refractivity contribution in [1.82, 2.24) is 5.43 Å². The number of nitrogens with zero attached hydrogens (tertiary/aromatic N) is 1. The smallest absolute Gasteiger partial charge is 0.307 e. The number of hydrogen-bond acceptors (Lipinski definition) is 3. The third kappa shape index (κ3) is 2.84. The molecule has 0 saturated heterocycles. The standard InChI is InChI=1S/C16H10ClFN2O2/c17-12-5-3-6-13(18)11(12)9-19-20-16(21)15-8-10-4-1-2-7-14(10)22-15/h1-9H,(H,20,21)/b19-9+. The first-order chi connectivity index (χ1) is 10.6. The molecular formula is C16H10ClFN2O2. The average molecular weight is 317 g/mol. The van der Waals surface area contributed by atoms with Crippen molar-refractivity contribution in [3.05, 3.63) is 70.7 Å². The highest BCUT2D eigenvalue weighted by molar-refractivity contribution is 6.33. The number of benzene rings is 2. The summed E-state index contributed by atoms with van der Waals surface area (Å²) < 4.78 is 18.9. The molecule has 1 amide bonds. The fourth-order valence-electron chi connectivity index (χ4n) is 1.94. The third-order valence-electron chi connectivity index (χ3n) is 3.01. The molecule has 0 aliphatic heterocycles. The molecule has 0 unspecified atom stereocenters. The van der Waals surface area contributed by atoms with Gasteiger partial charge in [0.1, 0.15) is 11.4 Å². The Bertz CT molecular complexity index is 820. The van der Waals surface area contributed by atoms with Crippen molar-refractivity contribution in [3.8, 4) is 0 Å². The second-order valence-electron chi connectivity index (χ2n) is 4.48. The Labute approximate surface area is 130 Å². The van der Waals surface area contributed by atoms with Gasteiger partial charge in [0.25, 0.3) is 0 Å². The summed E-state index contributed by atoms with van der Waals surface area (Å²) in [5.41, 5.74) is 2.99. The van der Waals surface area contributed by atoms with Gasteiger partial charge in [-0.25, -0.2) is 9.82 Å². The second kappa shape index (κ2) is 5.99. The van der Waals surface area contributed by atoms with Gasteiger partial charge >= 0.3 is 5.91 Å². The van der Waals surface area contributed by atoms with Gasteiger partial charge in [-0.15, -0.1) is 0 Å². The normalized spacial score (nSPS) is 11.2. The summed E-state index contributed by atoms with van der Waals surface area (Å²) in [7, 11) is 0. The fraction of sp³-hybridized carbons (Fsp3) is 0. The molecule has 0 radical (unpaired) electrons. The molecule has 3 rings (SSSR count). The van der Waals surface area contributed by atoms with Gasteiger partial charge in [0, 0.05) is 10.9 Å². The molecule has 0 fully saturated rings. The average Bonchev–Trinajstić information content (AvgIpc) is 2.94. The first kappa shape index (κ1) is 14.3. The van der Waals surface area contributed by atoms with Crippen molar-refractivity contribution in [1.29, 1.82) is 0 Å². The van der Waals surface area contributed by atoms with Gasteiger partial charge in [-0.1, -0.05) is 35.9 Å². The maximum atomic E-state index is 13.5. The van der Waals surface area contributed by atoms with Gasteiger partial charge in [0.05, 0.1) is 11.2 Å². The van der Waals surface area contributed by atoms with Crippen LogP contribution >= 0.6 is 11.6 Å². The van der Waals surface area contributed by atoms with E-state index in [-0.39, 0.29) is 16.3 Å². The highest BCUT2D eigenvalue weighted by Crippen LogP contribution is 2.19. The topological polar surface area (TPSA) is 54.6 Å². The Morgan fingerprint density at radius 1 is 1.23 bits per heavy atom. The molecule has 0 bridgehead atoms. The van der Waals surface area contributed by atoms with Gasteiger partial charge in [0.2, 0.25) is 0 Å².